The van der Waals surface area contributed by atoms with E-state index in [1.165, 1.54) is 31.8 Å². The predicted octanol–water partition coefficient (Wildman–Crippen LogP) is 3.26. The molecule has 11 heteroatoms. The van der Waals surface area contributed by atoms with E-state index in [1.54, 1.807) is 24.0 Å². The minimum atomic E-state index is -0.958. The Bertz CT molecular complexity index is 2060. The van der Waals surface area contributed by atoms with Crippen molar-refractivity contribution in [3.63, 3.8) is 0 Å². The standard InChI is InChI=1S/C33H27N3O7S/c1-18-26(32(40)42-4)28(21-14-15-24(43-19(2)37)25(16-21)41-3)36-31(39)29(44-33(36)34-18)27-22-12-8-9-13-23(22)35(30(27)38)17-20-10-6-5-7-11-20/h5-16,28H,17H2,1-4H3/b29-27-/t28-/m0/s1. The van der Waals surface area contributed by atoms with Crippen molar-refractivity contribution in [1.82, 2.24) is 4.57 Å². The average Bonchev–Trinajstić information content (AvgIpc) is 3.48. The highest BCUT2D eigenvalue weighted by Crippen LogP contribution is 2.38. The predicted molar refractivity (Wildman–Crippen MR) is 163 cm³/mol. The third kappa shape index (κ3) is 4.80. The number of hydrogen-bond donors (Lipinski definition) is 0. The first-order valence-corrected chi connectivity index (χ1v) is 14.5. The first kappa shape index (κ1) is 28.8. The maximum Gasteiger partial charge on any atom is 0.338 e. The van der Waals surface area contributed by atoms with Crippen LogP contribution in [0.2, 0.25) is 0 Å². The van der Waals surface area contributed by atoms with Gasteiger partial charge in [0.1, 0.15) is 4.53 Å². The number of rotatable bonds is 6. The quantitative estimate of drug-likeness (QED) is 0.243. The van der Waals surface area contributed by atoms with Crippen molar-refractivity contribution < 1.29 is 28.6 Å². The van der Waals surface area contributed by atoms with E-state index in [4.69, 9.17) is 14.2 Å². The van der Waals surface area contributed by atoms with Crippen molar-refractivity contribution in [3.8, 4) is 11.5 Å². The number of esters is 2. The molecule has 2 aliphatic rings. The Morgan fingerprint density at radius 3 is 2.39 bits per heavy atom. The van der Waals surface area contributed by atoms with E-state index in [1.807, 2.05) is 54.6 Å². The number of anilines is 1. The smallest absolute Gasteiger partial charge is 0.338 e. The zero-order valence-electron chi connectivity index (χ0n) is 24.3. The second-order valence-corrected chi connectivity index (χ2v) is 11.1. The van der Waals surface area contributed by atoms with Gasteiger partial charge in [-0.2, -0.15) is 0 Å². The fraction of sp³-hybridized carbons (Fsp3) is 0.182. The van der Waals surface area contributed by atoms with Gasteiger partial charge in [0, 0.05) is 12.5 Å². The molecule has 0 spiro atoms. The Balaban J connectivity index is 1.58. The Hall–Kier alpha value is -5.29. The molecule has 1 amide bonds. The number of amides is 1. The zero-order chi connectivity index (χ0) is 31.1. The number of methoxy groups -OCH3 is 2. The average molecular weight is 610 g/mol. The van der Waals surface area contributed by atoms with Gasteiger partial charge in [0.2, 0.25) is 0 Å². The maximum atomic E-state index is 14.4. The summed E-state index contributed by atoms with van der Waals surface area (Å²) in [7, 11) is 2.68. The summed E-state index contributed by atoms with van der Waals surface area (Å²) in [5, 5.41) is 0. The van der Waals surface area contributed by atoms with Crippen LogP contribution in [0.4, 0.5) is 5.69 Å². The highest BCUT2D eigenvalue weighted by molar-refractivity contribution is 7.07. The molecule has 2 aliphatic heterocycles. The molecular weight excluding hydrogens is 582 g/mol. The van der Waals surface area contributed by atoms with Crippen LogP contribution >= 0.6 is 11.3 Å². The molecule has 0 radical (unpaired) electrons. The van der Waals surface area contributed by atoms with Crippen LogP contribution in [-0.4, -0.2) is 36.6 Å². The number of hydrogen-bond acceptors (Lipinski definition) is 9. The number of benzene rings is 3. The number of nitrogens with zero attached hydrogens (tertiary/aromatic N) is 3. The van der Waals surface area contributed by atoms with E-state index in [9.17, 15) is 19.2 Å². The third-order valence-corrected chi connectivity index (χ3v) is 8.55. The van der Waals surface area contributed by atoms with E-state index >= 15 is 0 Å². The van der Waals surface area contributed by atoms with Gasteiger partial charge in [-0.3, -0.25) is 19.0 Å². The van der Waals surface area contributed by atoms with E-state index in [2.05, 4.69) is 4.99 Å². The van der Waals surface area contributed by atoms with Gasteiger partial charge in [0.25, 0.3) is 11.5 Å². The summed E-state index contributed by atoms with van der Waals surface area (Å²) in [6, 6.07) is 20.8. The summed E-state index contributed by atoms with van der Waals surface area (Å²) >= 11 is 1.09. The van der Waals surface area contributed by atoms with Crippen LogP contribution in [0.15, 0.2) is 93.9 Å². The number of aromatic nitrogens is 1. The minimum absolute atomic E-state index is 0.155. The van der Waals surface area contributed by atoms with Crippen LogP contribution in [0, 0.1) is 0 Å². The van der Waals surface area contributed by atoms with Gasteiger partial charge in [-0.05, 0) is 36.2 Å². The molecule has 0 aliphatic carbocycles. The molecule has 44 heavy (non-hydrogen) atoms. The summed E-state index contributed by atoms with van der Waals surface area (Å²) in [5.41, 5.74) is 3.12. The van der Waals surface area contributed by atoms with Crippen molar-refractivity contribution in [2.75, 3.05) is 19.1 Å². The number of allylic oxidation sites excluding steroid dienone is 1. The molecule has 6 rings (SSSR count). The molecule has 1 aromatic heterocycles. The second kappa shape index (κ2) is 11.4. The number of carbonyl (C=O) groups is 3. The van der Waals surface area contributed by atoms with Gasteiger partial charge in [-0.15, -0.1) is 0 Å². The SMILES string of the molecule is COC(=O)C1=C(C)N=c2s/c(=C3\C(=O)N(Cc4ccccc4)c4ccccc43)c(=O)n2[C@H]1c1ccc(OC(C)=O)c(OC)c1. The molecule has 222 valence electrons. The molecule has 0 saturated carbocycles. The Morgan fingerprint density at radius 2 is 1.68 bits per heavy atom. The van der Waals surface area contributed by atoms with Gasteiger partial charge in [0.05, 0.1) is 49.3 Å². The van der Waals surface area contributed by atoms with Crippen LogP contribution in [0.5, 0.6) is 11.5 Å². The molecular formula is C33H27N3O7S. The maximum absolute atomic E-state index is 14.4. The monoisotopic (exact) mass is 609 g/mol. The summed E-state index contributed by atoms with van der Waals surface area (Å²) in [6.45, 7) is 3.28. The zero-order valence-corrected chi connectivity index (χ0v) is 25.1. The van der Waals surface area contributed by atoms with Crippen LogP contribution in [0.1, 0.15) is 36.6 Å². The second-order valence-electron chi connectivity index (χ2n) is 10.2. The van der Waals surface area contributed by atoms with Gasteiger partial charge in [-0.25, -0.2) is 9.79 Å². The van der Waals surface area contributed by atoms with Crippen LogP contribution in [0.3, 0.4) is 0 Å². The molecule has 0 bridgehead atoms. The van der Waals surface area contributed by atoms with Crippen molar-refractivity contribution in [2.45, 2.75) is 26.4 Å². The van der Waals surface area contributed by atoms with Crippen molar-refractivity contribution in [1.29, 1.82) is 0 Å². The number of para-hydroxylation sites is 1. The summed E-state index contributed by atoms with van der Waals surface area (Å²) in [4.78, 5) is 59.8. The van der Waals surface area contributed by atoms with Crippen molar-refractivity contribution in [2.24, 2.45) is 4.99 Å². The van der Waals surface area contributed by atoms with E-state index in [0.29, 0.717) is 33.9 Å². The summed E-state index contributed by atoms with van der Waals surface area (Å²) in [6.07, 6.45) is 0. The first-order valence-electron chi connectivity index (χ1n) is 13.7. The van der Waals surface area contributed by atoms with E-state index in [-0.39, 0.29) is 33.1 Å². The Labute approximate surface area is 255 Å². The van der Waals surface area contributed by atoms with Crippen molar-refractivity contribution in [3.05, 3.63) is 120 Å². The number of ether oxygens (including phenoxy) is 3. The highest BCUT2D eigenvalue weighted by Gasteiger charge is 2.37. The first-order chi connectivity index (χ1) is 21.2. The largest absolute Gasteiger partial charge is 0.493 e. The molecule has 3 aromatic carbocycles. The molecule has 1 atom stereocenters. The summed E-state index contributed by atoms with van der Waals surface area (Å²) in [5.74, 6) is -1.07. The van der Waals surface area contributed by atoms with Gasteiger partial charge >= 0.3 is 11.9 Å². The van der Waals surface area contributed by atoms with Crippen molar-refractivity contribution >= 4 is 40.4 Å². The minimum Gasteiger partial charge on any atom is -0.493 e. The molecule has 0 N–H and O–H groups in total. The van der Waals surface area contributed by atoms with Crippen LogP contribution < -0.4 is 29.3 Å². The lowest BCUT2D eigenvalue weighted by Gasteiger charge is -2.25. The molecule has 0 unspecified atom stereocenters. The lowest BCUT2D eigenvalue weighted by molar-refractivity contribution is -0.136. The fourth-order valence-electron chi connectivity index (χ4n) is 5.57. The van der Waals surface area contributed by atoms with E-state index < -0.39 is 23.5 Å². The van der Waals surface area contributed by atoms with Gasteiger partial charge in [0.15, 0.2) is 16.3 Å². The lowest BCUT2D eigenvalue weighted by atomic mass is 9.95. The topological polar surface area (TPSA) is 117 Å². The van der Waals surface area contributed by atoms with Crippen LogP contribution in [-0.2, 0) is 25.7 Å². The Kier molecular flexibility index (Phi) is 7.48. The number of fused-ring (bicyclic) bond motifs is 2. The normalized spacial score (nSPS) is 16.7. The lowest BCUT2D eigenvalue weighted by Crippen LogP contribution is -2.40. The number of carbonyl (C=O) groups excluding carboxylic acids is 3. The Morgan fingerprint density at radius 1 is 0.955 bits per heavy atom. The number of thiazole rings is 1. The van der Waals surface area contributed by atoms with Crippen LogP contribution in [0.25, 0.3) is 5.57 Å². The molecule has 0 fully saturated rings. The van der Waals surface area contributed by atoms with Gasteiger partial charge in [-0.1, -0.05) is 65.9 Å². The molecule has 4 aromatic rings. The fourth-order valence-corrected chi connectivity index (χ4v) is 6.71. The highest BCUT2D eigenvalue weighted by atomic mass is 32.1. The third-order valence-electron chi connectivity index (χ3n) is 7.49. The van der Waals surface area contributed by atoms with Gasteiger partial charge < -0.3 is 19.1 Å². The molecule has 0 saturated heterocycles. The summed E-state index contributed by atoms with van der Waals surface area (Å²) < 4.78 is 17.5. The molecule has 3 heterocycles. The molecule has 10 nitrogen and oxygen atoms in total. The van der Waals surface area contributed by atoms with E-state index in [0.717, 1.165) is 16.9 Å².